The molecule has 0 aliphatic carbocycles. The van der Waals surface area contributed by atoms with Crippen LogP contribution in [0.1, 0.15) is 12.0 Å². The fraction of sp³-hybridized carbons (Fsp3) is 0.474. The smallest absolute Gasteiger partial charge is 0.227 e. The Hall–Kier alpha value is -1.66. The van der Waals surface area contributed by atoms with E-state index in [0.29, 0.717) is 6.04 Å². The van der Waals surface area contributed by atoms with Crippen LogP contribution in [0.5, 0.6) is 0 Å². The van der Waals surface area contributed by atoms with Gasteiger partial charge in [-0.15, -0.1) is 0 Å². The van der Waals surface area contributed by atoms with Gasteiger partial charge in [0.1, 0.15) is 5.82 Å². The third-order valence-corrected chi connectivity index (χ3v) is 5.36. The van der Waals surface area contributed by atoms with E-state index in [0.717, 1.165) is 48.7 Å². The Kier molecular flexibility index (Phi) is 5.91. The molecule has 2 heterocycles. The van der Waals surface area contributed by atoms with Crippen molar-refractivity contribution >= 4 is 27.7 Å². The molecule has 0 bridgehead atoms. The lowest BCUT2D eigenvalue weighted by Gasteiger charge is -2.25. The topological polar surface area (TPSA) is 35.5 Å². The molecule has 0 N–H and O–H groups in total. The molecule has 1 atom stereocenters. The van der Waals surface area contributed by atoms with E-state index in [1.807, 2.05) is 31.3 Å². The molecule has 6 heteroatoms. The standard InChI is InChI=1S/C19H26BrN5/c1-23(2)18-8-11-21-19(22-18)24(3)17-10-13-25(14-17)12-9-15-4-6-16(20)7-5-15/h4-8,11,17H,9-10,12-14H2,1-3H3. The maximum Gasteiger partial charge on any atom is 0.227 e. The molecule has 1 aliphatic rings. The van der Waals surface area contributed by atoms with Gasteiger partial charge in [0.15, 0.2) is 0 Å². The number of likely N-dealkylation sites (tertiary alicyclic amines) is 1. The second kappa shape index (κ2) is 8.15. The molecular formula is C19H26BrN5. The summed E-state index contributed by atoms with van der Waals surface area (Å²) in [5, 5.41) is 0. The van der Waals surface area contributed by atoms with Crippen LogP contribution in [0.15, 0.2) is 41.0 Å². The van der Waals surface area contributed by atoms with Crippen LogP contribution in [-0.4, -0.2) is 61.7 Å². The first-order valence-corrected chi connectivity index (χ1v) is 9.52. The molecule has 0 amide bonds. The van der Waals surface area contributed by atoms with Crippen molar-refractivity contribution in [3.05, 3.63) is 46.6 Å². The first-order valence-electron chi connectivity index (χ1n) is 8.73. The molecule has 5 nitrogen and oxygen atoms in total. The summed E-state index contributed by atoms with van der Waals surface area (Å²) < 4.78 is 1.14. The minimum Gasteiger partial charge on any atom is -0.363 e. The Morgan fingerprint density at radius 2 is 1.92 bits per heavy atom. The van der Waals surface area contributed by atoms with Gasteiger partial charge < -0.3 is 14.7 Å². The monoisotopic (exact) mass is 403 g/mol. The van der Waals surface area contributed by atoms with Gasteiger partial charge >= 0.3 is 0 Å². The Bertz CT molecular complexity index is 688. The van der Waals surface area contributed by atoms with Crippen LogP contribution in [0.4, 0.5) is 11.8 Å². The number of likely N-dealkylation sites (N-methyl/N-ethyl adjacent to an activating group) is 1. The highest BCUT2D eigenvalue weighted by Gasteiger charge is 2.27. The maximum atomic E-state index is 4.66. The average molecular weight is 404 g/mol. The third-order valence-electron chi connectivity index (χ3n) is 4.83. The molecule has 1 aliphatic heterocycles. The first kappa shape index (κ1) is 18.1. The van der Waals surface area contributed by atoms with Gasteiger partial charge in [0.25, 0.3) is 0 Å². The van der Waals surface area contributed by atoms with Crippen molar-refractivity contribution in [3.63, 3.8) is 0 Å². The highest BCUT2D eigenvalue weighted by molar-refractivity contribution is 9.10. The van der Waals surface area contributed by atoms with E-state index in [-0.39, 0.29) is 0 Å². The van der Waals surface area contributed by atoms with Crippen LogP contribution >= 0.6 is 15.9 Å². The largest absolute Gasteiger partial charge is 0.363 e. The van der Waals surface area contributed by atoms with Crippen molar-refractivity contribution in [1.29, 1.82) is 0 Å². The lowest BCUT2D eigenvalue weighted by molar-refractivity contribution is 0.337. The molecule has 2 aromatic rings. The number of nitrogens with zero attached hydrogens (tertiary/aromatic N) is 5. The summed E-state index contributed by atoms with van der Waals surface area (Å²) in [6.07, 6.45) is 4.09. The summed E-state index contributed by atoms with van der Waals surface area (Å²) in [6, 6.07) is 11.0. The van der Waals surface area contributed by atoms with E-state index >= 15 is 0 Å². The zero-order valence-electron chi connectivity index (χ0n) is 15.2. The van der Waals surface area contributed by atoms with E-state index in [1.54, 1.807) is 0 Å². The predicted octanol–water partition coefficient (Wildman–Crippen LogP) is 3.06. The van der Waals surface area contributed by atoms with Crippen LogP contribution in [0.25, 0.3) is 0 Å². The molecule has 25 heavy (non-hydrogen) atoms. The zero-order valence-corrected chi connectivity index (χ0v) is 16.8. The quantitative estimate of drug-likeness (QED) is 0.740. The van der Waals surface area contributed by atoms with Crippen LogP contribution in [0.2, 0.25) is 0 Å². The minimum absolute atomic E-state index is 0.474. The van der Waals surface area contributed by atoms with Crippen molar-refractivity contribution in [2.45, 2.75) is 18.9 Å². The van der Waals surface area contributed by atoms with Gasteiger partial charge in [-0.25, -0.2) is 4.98 Å². The highest BCUT2D eigenvalue weighted by atomic mass is 79.9. The number of hydrogen-bond acceptors (Lipinski definition) is 5. The van der Waals surface area contributed by atoms with Gasteiger partial charge in [-0.2, -0.15) is 4.98 Å². The molecular weight excluding hydrogens is 378 g/mol. The van der Waals surface area contributed by atoms with Crippen LogP contribution in [0, 0.1) is 0 Å². The van der Waals surface area contributed by atoms with Crippen LogP contribution < -0.4 is 9.80 Å². The lowest BCUT2D eigenvalue weighted by Crippen LogP contribution is -2.36. The van der Waals surface area contributed by atoms with Gasteiger partial charge in [-0.05, 0) is 36.6 Å². The number of aromatic nitrogens is 2. The fourth-order valence-electron chi connectivity index (χ4n) is 3.19. The maximum absolute atomic E-state index is 4.66. The molecule has 1 aromatic carbocycles. The number of hydrogen-bond donors (Lipinski definition) is 0. The lowest BCUT2D eigenvalue weighted by atomic mass is 10.1. The summed E-state index contributed by atoms with van der Waals surface area (Å²) >= 11 is 3.49. The Balaban J connectivity index is 1.55. The van der Waals surface area contributed by atoms with Gasteiger partial charge in [-0.1, -0.05) is 28.1 Å². The normalized spacial score (nSPS) is 17.7. The second-order valence-electron chi connectivity index (χ2n) is 6.84. The highest BCUT2D eigenvalue weighted by Crippen LogP contribution is 2.20. The van der Waals surface area contributed by atoms with Crippen molar-refractivity contribution in [1.82, 2.24) is 14.9 Å². The molecule has 0 spiro atoms. The molecule has 1 fully saturated rings. The third kappa shape index (κ3) is 4.70. The number of halogens is 1. The van der Waals surface area contributed by atoms with Crippen LogP contribution in [-0.2, 0) is 6.42 Å². The Morgan fingerprint density at radius 1 is 1.16 bits per heavy atom. The predicted molar refractivity (Wildman–Crippen MR) is 107 cm³/mol. The van der Waals surface area contributed by atoms with Crippen molar-refractivity contribution in [2.75, 3.05) is 50.6 Å². The van der Waals surface area contributed by atoms with E-state index in [1.165, 1.54) is 5.56 Å². The second-order valence-corrected chi connectivity index (χ2v) is 7.76. The van der Waals surface area contributed by atoms with E-state index < -0.39 is 0 Å². The summed E-state index contributed by atoms with van der Waals surface area (Å²) in [6.45, 7) is 3.31. The van der Waals surface area contributed by atoms with Gasteiger partial charge in [-0.3, -0.25) is 0 Å². The first-order chi connectivity index (χ1) is 12.0. The molecule has 1 aromatic heterocycles. The zero-order chi connectivity index (χ0) is 17.8. The van der Waals surface area contributed by atoms with E-state index in [4.69, 9.17) is 0 Å². The van der Waals surface area contributed by atoms with Crippen molar-refractivity contribution < 1.29 is 0 Å². The van der Waals surface area contributed by atoms with Crippen LogP contribution in [0.3, 0.4) is 0 Å². The molecule has 1 unspecified atom stereocenters. The Morgan fingerprint density at radius 3 is 2.64 bits per heavy atom. The minimum atomic E-state index is 0.474. The summed E-state index contributed by atoms with van der Waals surface area (Å²) in [4.78, 5) is 15.9. The number of benzene rings is 1. The average Bonchev–Trinajstić information content (AvgIpc) is 3.09. The number of rotatable bonds is 6. The van der Waals surface area contributed by atoms with E-state index in [9.17, 15) is 0 Å². The molecule has 134 valence electrons. The van der Waals surface area contributed by atoms with Gasteiger partial charge in [0.05, 0.1) is 0 Å². The summed E-state index contributed by atoms with van der Waals surface area (Å²) in [7, 11) is 6.12. The van der Waals surface area contributed by atoms with Crippen molar-refractivity contribution in [3.8, 4) is 0 Å². The number of anilines is 2. The van der Waals surface area contributed by atoms with Gasteiger partial charge in [0, 0.05) is 57.5 Å². The summed E-state index contributed by atoms with van der Waals surface area (Å²) in [5.74, 6) is 1.76. The van der Waals surface area contributed by atoms with Gasteiger partial charge in [0.2, 0.25) is 5.95 Å². The molecule has 3 rings (SSSR count). The fourth-order valence-corrected chi connectivity index (χ4v) is 3.46. The van der Waals surface area contributed by atoms with Crippen molar-refractivity contribution in [2.24, 2.45) is 0 Å². The summed E-state index contributed by atoms with van der Waals surface area (Å²) in [5.41, 5.74) is 1.39. The SMILES string of the molecule is CN(C)c1ccnc(N(C)C2CCN(CCc3ccc(Br)cc3)C2)n1. The molecule has 1 saturated heterocycles. The molecule has 0 saturated carbocycles. The Labute approximate surface area is 158 Å². The molecule has 0 radical (unpaired) electrons. The van der Waals surface area contributed by atoms with E-state index in [2.05, 4.69) is 67.0 Å².